The predicted octanol–water partition coefficient (Wildman–Crippen LogP) is 6.34. The zero-order valence-electron chi connectivity index (χ0n) is 23.7. The number of anilines is 1. The number of amides is 2. The molecule has 2 amide bonds. The molecule has 3 aromatic carbocycles. The van der Waals surface area contributed by atoms with E-state index < -0.39 is 17.4 Å². The number of methoxy groups -OCH3 is 1. The molecule has 0 radical (unpaired) electrons. The number of rotatable bonds is 9. The molecule has 0 fully saturated rings. The molecule has 1 N–H and O–H groups in total. The van der Waals surface area contributed by atoms with E-state index in [0.29, 0.717) is 36.2 Å². The minimum atomic E-state index is -0.639. The summed E-state index contributed by atoms with van der Waals surface area (Å²) in [7, 11) is 1.34. The van der Waals surface area contributed by atoms with E-state index in [-0.39, 0.29) is 17.7 Å². The molecule has 0 saturated carbocycles. The fraction of sp³-hybridized carbons (Fsp3) is 0.333. The van der Waals surface area contributed by atoms with Gasteiger partial charge >= 0.3 is 5.97 Å². The van der Waals surface area contributed by atoms with Gasteiger partial charge in [-0.15, -0.1) is 0 Å². The summed E-state index contributed by atoms with van der Waals surface area (Å²) in [5.74, 6) is -0.907. The highest BCUT2D eigenvalue weighted by Crippen LogP contribution is 2.33. The number of fused-ring (bicyclic) bond motifs is 1. The van der Waals surface area contributed by atoms with Gasteiger partial charge < -0.3 is 15.0 Å². The zero-order valence-corrected chi connectivity index (χ0v) is 23.7. The van der Waals surface area contributed by atoms with Crippen LogP contribution in [0.25, 0.3) is 11.1 Å². The van der Waals surface area contributed by atoms with Crippen molar-refractivity contribution in [3.05, 3.63) is 89.0 Å². The standard InChI is InChI=1S/C33H35N3O4/c1-6-33(7-2,20-34)26-14-10-23(11-15-26)30(37)35-27-16-12-22(13-17-27)24-8-9-25-19-36(31(38)28(25)18-24)29(21(3)4)32(39)40-5/h8-18,21,29H,6-7,19H2,1-5H3,(H,35,37). The molecule has 7 heteroatoms. The van der Waals surface area contributed by atoms with Crippen molar-refractivity contribution in [1.29, 1.82) is 5.26 Å². The molecular weight excluding hydrogens is 502 g/mol. The van der Waals surface area contributed by atoms with E-state index in [9.17, 15) is 19.6 Å². The number of nitriles is 1. The van der Waals surface area contributed by atoms with Crippen molar-refractivity contribution >= 4 is 23.5 Å². The van der Waals surface area contributed by atoms with Gasteiger partial charge in [0.05, 0.1) is 18.6 Å². The Morgan fingerprint density at radius 2 is 1.62 bits per heavy atom. The third-order valence-corrected chi connectivity index (χ3v) is 7.95. The van der Waals surface area contributed by atoms with Crippen LogP contribution in [0.5, 0.6) is 0 Å². The Balaban J connectivity index is 1.47. The minimum Gasteiger partial charge on any atom is -0.467 e. The van der Waals surface area contributed by atoms with Gasteiger partial charge in [0.15, 0.2) is 0 Å². The second-order valence-corrected chi connectivity index (χ2v) is 10.5. The molecular formula is C33H35N3O4. The Bertz CT molecular complexity index is 1450. The Labute approximate surface area is 235 Å². The number of hydrogen-bond donors (Lipinski definition) is 1. The fourth-order valence-corrected chi connectivity index (χ4v) is 5.38. The SMILES string of the molecule is CCC(C#N)(CC)c1ccc(C(=O)Nc2ccc(-c3ccc4c(c3)C(=O)N(C(C(=O)OC)C(C)C)C4)cc2)cc1. The average Bonchev–Trinajstić information content (AvgIpc) is 3.29. The van der Waals surface area contributed by atoms with Crippen LogP contribution in [0.3, 0.4) is 0 Å². The summed E-state index contributed by atoms with van der Waals surface area (Å²) in [4.78, 5) is 40.0. The van der Waals surface area contributed by atoms with Crippen molar-refractivity contribution in [1.82, 2.24) is 4.90 Å². The molecule has 3 aromatic rings. The Hall–Kier alpha value is -4.44. The topological polar surface area (TPSA) is 99.5 Å². The zero-order chi connectivity index (χ0) is 29.0. The lowest BCUT2D eigenvalue weighted by Crippen LogP contribution is -2.45. The van der Waals surface area contributed by atoms with E-state index in [1.54, 1.807) is 17.0 Å². The minimum absolute atomic E-state index is 0.0790. The number of esters is 1. The van der Waals surface area contributed by atoms with Gasteiger partial charge in [0.2, 0.25) is 0 Å². The van der Waals surface area contributed by atoms with Crippen molar-refractivity contribution in [3.63, 3.8) is 0 Å². The summed E-state index contributed by atoms with van der Waals surface area (Å²) in [6, 6.07) is 22.2. The summed E-state index contributed by atoms with van der Waals surface area (Å²) < 4.78 is 4.95. The quantitative estimate of drug-likeness (QED) is 0.321. The molecule has 0 aliphatic carbocycles. The summed E-state index contributed by atoms with van der Waals surface area (Å²) >= 11 is 0. The number of ether oxygens (including phenoxy) is 1. The second-order valence-electron chi connectivity index (χ2n) is 10.5. The van der Waals surface area contributed by atoms with Crippen LogP contribution in [0.1, 0.15) is 72.4 Å². The number of nitrogens with one attached hydrogen (secondary N) is 1. The Morgan fingerprint density at radius 1 is 1.00 bits per heavy atom. The maximum absolute atomic E-state index is 13.2. The molecule has 0 saturated heterocycles. The van der Waals surface area contributed by atoms with E-state index in [1.807, 2.05) is 82.3 Å². The van der Waals surface area contributed by atoms with Crippen LogP contribution in [-0.4, -0.2) is 35.8 Å². The third kappa shape index (κ3) is 5.35. The number of nitrogens with zero attached hydrogens (tertiary/aromatic N) is 2. The number of carbonyl (C=O) groups is 3. The van der Waals surface area contributed by atoms with Gasteiger partial charge in [-0.25, -0.2) is 4.79 Å². The highest BCUT2D eigenvalue weighted by Gasteiger charge is 2.38. The lowest BCUT2D eigenvalue weighted by molar-refractivity contribution is -0.147. The van der Waals surface area contributed by atoms with Crippen molar-refractivity contribution in [2.24, 2.45) is 5.92 Å². The number of benzene rings is 3. The van der Waals surface area contributed by atoms with Crippen LogP contribution < -0.4 is 5.32 Å². The number of carbonyl (C=O) groups excluding carboxylic acids is 3. The highest BCUT2D eigenvalue weighted by atomic mass is 16.5. The van der Waals surface area contributed by atoms with Crippen LogP contribution in [-0.2, 0) is 21.5 Å². The maximum atomic E-state index is 13.2. The Morgan fingerprint density at radius 3 is 2.17 bits per heavy atom. The van der Waals surface area contributed by atoms with E-state index in [1.165, 1.54) is 7.11 Å². The largest absolute Gasteiger partial charge is 0.467 e. The molecule has 1 atom stereocenters. The Kier molecular flexibility index (Phi) is 8.39. The van der Waals surface area contributed by atoms with Crippen molar-refractivity contribution in [2.45, 2.75) is 58.5 Å². The van der Waals surface area contributed by atoms with Gasteiger partial charge in [-0.1, -0.05) is 64.1 Å². The maximum Gasteiger partial charge on any atom is 0.328 e. The van der Waals surface area contributed by atoms with Crippen molar-refractivity contribution in [3.8, 4) is 17.2 Å². The van der Waals surface area contributed by atoms with Gasteiger partial charge in [-0.05, 0) is 71.3 Å². The van der Waals surface area contributed by atoms with Crippen LogP contribution in [0.15, 0.2) is 66.7 Å². The smallest absolute Gasteiger partial charge is 0.328 e. The van der Waals surface area contributed by atoms with Crippen LogP contribution in [0, 0.1) is 17.2 Å². The molecule has 4 rings (SSSR count). The van der Waals surface area contributed by atoms with Gasteiger partial charge in [-0.2, -0.15) is 5.26 Å². The summed E-state index contributed by atoms with van der Waals surface area (Å²) in [6.07, 6.45) is 1.42. The first-order valence-corrected chi connectivity index (χ1v) is 13.6. The first-order valence-electron chi connectivity index (χ1n) is 13.6. The lowest BCUT2D eigenvalue weighted by atomic mass is 9.77. The second kappa shape index (κ2) is 11.7. The van der Waals surface area contributed by atoms with Crippen LogP contribution >= 0.6 is 0 Å². The molecule has 0 bridgehead atoms. The summed E-state index contributed by atoms with van der Waals surface area (Å²) in [6.45, 7) is 8.17. The molecule has 0 aromatic heterocycles. The normalized spacial score (nSPS) is 13.5. The average molecular weight is 538 g/mol. The molecule has 0 spiro atoms. The third-order valence-electron chi connectivity index (χ3n) is 7.95. The molecule has 1 heterocycles. The van der Waals surface area contributed by atoms with Gasteiger partial charge in [0.25, 0.3) is 11.8 Å². The molecule has 206 valence electrons. The van der Waals surface area contributed by atoms with Crippen LogP contribution in [0.4, 0.5) is 5.69 Å². The highest BCUT2D eigenvalue weighted by molar-refractivity contribution is 6.04. The summed E-state index contributed by atoms with van der Waals surface area (Å²) in [5, 5.41) is 12.6. The molecule has 1 aliphatic heterocycles. The van der Waals surface area contributed by atoms with E-state index in [0.717, 1.165) is 22.3 Å². The number of hydrogen-bond acceptors (Lipinski definition) is 5. The van der Waals surface area contributed by atoms with E-state index in [4.69, 9.17) is 4.74 Å². The molecule has 7 nitrogen and oxygen atoms in total. The summed E-state index contributed by atoms with van der Waals surface area (Å²) in [5.41, 5.74) is 4.77. The van der Waals surface area contributed by atoms with Gasteiger partial charge in [0, 0.05) is 23.4 Å². The lowest BCUT2D eigenvalue weighted by Gasteiger charge is -2.28. The van der Waals surface area contributed by atoms with Gasteiger partial charge in [-0.3, -0.25) is 9.59 Å². The first kappa shape index (κ1) is 28.6. The predicted molar refractivity (Wildman–Crippen MR) is 155 cm³/mol. The van der Waals surface area contributed by atoms with E-state index >= 15 is 0 Å². The fourth-order valence-electron chi connectivity index (χ4n) is 5.38. The molecule has 1 aliphatic rings. The monoisotopic (exact) mass is 537 g/mol. The van der Waals surface area contributed by atoms with Crippen LogP contribution in [0.2, 0.25) is 0 Å². The molecule has 40 heavy (non-hydrogen) atoms. The van der Waals surface area contributed by atoms with Gasteiger partial charge in [0.1, 0.15) is 6.04 Å². The van der Waals surface area contributed by atoms with E-state index in [2.05, 4.69) is 11.4 Å². The van der Waals surface area contributed by atoms with Crippen molar-refractivity contribution in [2.75, 3.05) is 12.4 Å². The van der Waals surface area contributed by atoms with Crippen molar-refractivity contribution < 1.29 is 19.1 Å². The first-order chi connectivity index (χ1) is 19.2. The molecule has 1 unspecified atom stereocenters.